The molecule has 3 heteroatoms. The summed E-state index contributed by atoms with van der Waals surface area (Å²) in [5.41, 5.74) is 5.45. The smallest absolute Gasteiger partial charge is 0.122 e. The van der Waals surface area contributed by atoms with Crippen LogP contribution in [0.5, 0.6) is 5.75 Å². The fourth-order valence-electron chi connectivity index (χ4n) is 0.704. The Morgan fingerprint density at radius 3 is 2.50 bits per heavy atom. The molecule has 0 saturated carbocycles. The standard InChI is InChI=1S/C9H14N2O/c1-9(2,10)7-12-8-3-5-11-6-4-8/h3-6H,7,10H2,1-2H3. The molecular weight excluding hydrogens is 152 g/mol. The molecule has 0 aliphatic heterocycles. The Labute approximate surface area is 72.6 Å². The number of nitrogens with two attached hydrogens (primary N) is 1. The van der Waals surface area contributed by atoms with E-state index in [1.54, 1.807) is 12.4 Å². The first-order chi connectivity index (χ1) is 5.58. The maximum atomic E-state index is 5.74. The molecule has 0 atom stereocenters. The van der Waals surface area contributed by atoms with Gasteiger partial charge >= 0.3 is 0 Å². The molecular formula is C9H14N2O. The van der Waals surface area contributed by atoms with E-state index in [4.69, 9.17) is 10.5 Å². The summed E-state index contributed by atoms with van der Waals surface area (Å²) in [6.07, 6.45) is 3.39. The molecule has 0 unspecified atom stereocenters. The zero-order valence-electron chi connectivity index (χ0n) is 7.45. The number of hydrogen-bond acceptors (Lipinski definition) is 3. The van der Waals surface area contributed by atoms with Crippen molar-refractivity contribution in [3.8, 4) is 5.75 Å². The molecule has 0 radical (unpaired) electrons. The summed E-state index contributed by atoms with van der Waals surface area (Å²) in [5.74, 6) is 0.809. The van der Waals surface area contributed by atoms with E-state index in [0.29, 0.717) is 6.61 Å². The second-order valence-corrected chi connectivity index (χ2v) is 3.46. The summed E-state index contributed by atoms with van der Waals surface area (Å²) in [7, 11) is 0. The van der Waals surface area contributed by atoms with E-state index in [2.05, 4.69) is 4.98 Å². The summed E-state index contributed by atoms with van der Waals surface area (Å²) < 4.78 is 5.41. The van der Waals surface area contributed by atoms with Crippen LogP contribution < -0.4 is 10.5 Å². The van der Waals surface area contributed by atoms with Crippen LogP contribution in [0.25, 0.3) is 0 Å². The highest BCUT2D eigenvalue weighted by Crippen LogP contribution is 2.08. The van der Waals surface area contributed by atoms with Gasteiger partial charge in [0.05, 0.1) is 0 Å². The Morgan fingerprint density at radius 2 is 2.00 bits per heavy atom. The summed E-state index contributed by atoms with van der Waals surface area (Å²) >= 11 is 0. The van der Waals surface area contributed by atoms with Crippen LogP contribution >= 0.6 is 0 Å². The molecule has 0 aromatic carbocycles. The summed E-state index contributed by atoms with van der Waals surface area (Å²) in [6.45, 7) is 4.36. The molecule has 0 spiro atoms. The second kappa shape index (κ2) is 3.54. The highest BCUT2D eigenvalue weighted by molar-refractivity contribution is 5.16. The van der Waals surface area contributed by atoms with E-state index in [9.17, 15) is 0 Å². The van der Waals surface area contributed by atoms with Crippen molar-refractivity contribution in [3.63, 3.8) is 0 Å². The SMILES string of the molecule is CC(C)(N)COc1ccncc1. The van der Waals surface area contributed by atoms with Crippen molar-refractivity contribution in [2.45, 2.75) is 19.4 Å². The van der Waals surface area contributed by atoms with Crippen molar-refractivity contribution in [1.82, 2.24) is 4.98 Å². The Hall–Kier alpha value is -1.09. The summed E-state index contributed by atoms with van der Waals surface area (Å²) in [6, 6.07) is 3.62. The van der Waals surface area contributed by atoms with Gasteiger partial charge in [-0.1, -0.05) is 0 Å². The number of aromatic nitrogens is 1. The van der Waals surface area contributed by atoms with Crippen LogP contribution in [0.2, 0.25) is 0 Å². The highest BCUT2D eigenvalue weighted by atomic mass is 16.5. The number of ether oxygens (including phenoxy) is 1. The van der Waals surface area contributed by atoms with E-state index in [0.717, 1.165) is 5.75 Å². The third-order valence-corrected chi connectivity index (χ3v) is 1.26. The molecule has 1 heterocycles. The summed E-state index contributed by atoms with van der Waals surface area (Å²) in [5, 5.41) is 0. The second-order valence-electron chi connectivity index (χ2n) is 3.46. The first-order valence-corrected chi connectivity index (χ1v) is 3.90. The average molecular weight is 166 g/mol. The van der Waals surface area contributed by atoms with Crippen LogP contribution in [-0.4, -0.2) is 17.1 Å². The van der Waals surface area contributed by atoms with Gasteiger partial charge in [-0.05, 0) is 26.0 Å². The fourth-order valence-corrected chi connectivity index (χ4v) is 0.704. The average Bonchev–Trinajstić information content (AvgIpc) is 2.02. The molecule has 1 aromatic heterocycles. The highest BCUT2D eigenvalue weighted by Gasteiger charge is 2.10. The Bertz CT molecular complexity index is 228. The molecule has 0 amide bonds. The molecule has 0 aliphatic carbocycles. The van der Waals surface area contributed by atoms with Crippen molar-refractivity contribution >= 4 is 0 Å². The minimum atomic E-state index is -0.288. The minimum Gasteiger partial charge on any atom is -0.492 e. The van der Waals surface area contributed by atoms with Gasteiger partial charge in [0.15, 0.2) is 0 Å². The van der Waals surface area contributed by atoms with E-state index in [1.807, 2.05) is 26.0 Å². The largest absolute Gasteiger partial charge is 0.492 e. The predicted molar refractivity (Wildman–Crippen MR) is 48.0 cm³/mol. The molecule has 1 aromatic rings. The van der Waals surface area contributed by atoms with Crippen molar-refractivity contribution in [1.29, 1.82) is 0 Å². The van der Waals surface area contributed by atoms with E-state index in [1.165, 1.54) is 0 Å². The third-order valence-electron chi connectivity index (χ3n) is 1.26. The molecule has 1 rings (SSSR count). The third kappa shape index (κ3) is 3.34. The quantitative estimate of drug-likeness (QED) is 0.734. The van der Waals surface area contributed by atoms with Crippen LogP contribution in [-0.2, 0) is 0 Å². The maximum Gasteiger partial charge on any atom is 0.122 e. The number of nitrogens with zero attached hydrogens (tertiary/aromatic N) is 1. The van der Waals surface area contributed by atoms with Crippen molar-refractivity contribution in [3.05, 3.63) is 24.5 Å². The van der Waals surface area contributed by atoms with E-state index in [-0.39, 0.29) is 5.54 Å². The lowest BCUT2D eigenvalue weighted by Crippen LogP contribution is -2.38. The van der Waals surface area contributed by atoms with E-state index >= 15 is 0 Å². The van der Waals surface area contributed by atoms with Crippen LogP contribution in [0.4, 0.5) is 0 Å². The molecule has 0 fully saturated rings. The van der Waals surface area contributed by atoms with Gasteiger partial charge in [0.1, 0.15) is 12.4 Å². The van der Waals surface area contributed by atoms with Crippen molar-refractivity contribution in [2.24, 2.45) is 5.73 Å². The van der Waals surface area contributed by atoms with Gasteiger partial charge < -0.3 is 10.5 Å². The van der Waals surface area contributed by atoms with Crippen LogP contribution in [0, 0.1) is 0 Å². The first kappa shape index (κ1) is 9.00. The lowest BCUT2D eigenvalue weighted by molar-refractivity contribution is 0.243. The topological polar surface area (TPSA) is 48.1 Å². The van der Waals surface area contributed by atoms with Crippen LogP contribution in [0.15, 0.2) is 24.5 Å². The zero-order chi connectivity index (χ0) is 9.03. The maximum absolute atomic E-state index is 5.74. The molecule has 0 saturated heterocycles. The Morgan fingerprint density at radius 1 is 1.42 bits per heavy atom. The van der Waals surface area contributed by atoms with Gasteiger partial charge in [-0.3, -0.25) is 4.98 Å². The van der Waals surface area contributed by atoms with Gasteiger partial charge in [0.25, 0.3) is 0 Å². The normalized spacial score (nSPS) is 11.2. The monoisotopic (exact) mass is 166 g/mol. The Kier molecular flexibility index (Phi) is 2.65. The van der Waals surface area contributed by atoms with Crippen LogP contribution in [0.1, 0.15) is 13.8 Å². The van der Waals surface area contributed by atoms with Gasteiger partial charge in [0.2, 0.25) is 0 Å². The number of rotatable bonds is 3. The van der Waals surface area contributed by atoms with Crippen LogP contribution in [0.3, 0.4) is 0 Å². The lowest BCUT2D eigenvalue weighted by atomic mass is 10.1. The minimum absolute atomic E-state index is 0.288. The molecule has 2 N–H and O–H groups in total. The molecule has 0 bridgehead atoms. The Balaban J connectivity index is 2.44. The molecule has 3 nitrogen and oxygen atoms in total. The number of pyridine rings is 1. The van der Waals surface area contributed by atoms with Gasteiger partial charge in [-0.15, -0.1) is 0 Å². The number of hydrogen-bond donors (Lipinski definition) is 1. The lowest BCUT2D eigenvalue weighted by Gasteiger charge is -2.18. The van der Waals surface area contributed by atoms with Crippen molar-refractivity contribution < 1.29 is 4.74 Å². The van der Waals surface area contributed by atoms with Gasteiger partial charge in [0, 0.05) is 17.9 Å². The van der Waals surface area contributed by atoms with Gasteiger partial charge in [-0.2, -0.15) is 0 Å². The van der Waals surface area contributed by atoms with Crippen molar-refractivity contribution in [2.75, 3.05) is 6.61 Å². The van der Waals surface area contributed by atoms with Gasteiger partial charge in [-0.25, -0.2) is 0 Å². The first-order valence-electron chi connectivity index (χ1n) is 3.90. The zero-order valence-corrected chi connectivity index (χ0v) is 7.45. The fraction of sp³-hybridized carbons (Fsp3) is 0.444. The molecule has 0 aliphatic rings. The van der Waals surface area contributed by atoms with E-state index < -0.39 is 0 Å². The predicted octanol–water partition coefficient (Wildman–Crippen LogP) is 1.20. The summed E-state index contributed by atoms with van der Waals surface area (Å²) in [4.78, 5) is 3.88. The molecule has 66 valence electrons. The molecule has 12 heavy (non-hydrogen) atoms.